The molecule has 2 aromatic heterocycles. The topological polar surface area (TPSA) is 113 Å². The highest BCUT2D eigenvalue weighted by Crippen LogP contribution is 2.71. The molecule has 0 saturated heterocycles. The Morgan fingerprint density at radius 1 is 1.41 bits per heavy atom. The second-order valence-electron chi connectivity index (χ2n) is 9.15. The number of nitrogens with one attached hydrogen (secondary N) is 1. The quantitative estimate of drug-likeness (QED) is 0.654. The first-order valence-corrected chi connectivity index (χ1v) is 12.3. The van der Waals surface area contributed by atoms with Crippen LogP contribution in [-0.4, -0.2) is 36.1 Å². The number of halogens is 3. The van der Waals surface area contributed by atoms with Gasteiger partial charge in [0, 0.05) is 31.0 Å². The highest BCUT2D eigenvalue weighted by molar-refractivity contribution is 7.91. The van der Waals surface area contributed by atoms with Gasteiger partial charge in [0.15, 0.2) is 5.03 Å². The second-order valence-corrected chi connectivity index (χ2v) is 11.3. The van der Waals surface area contributed by atoms with Crippen LogP contribution in [0.15, 0.2) is 28.3 Å². The summed E-state index contributed by atoms with van der Waals surface area (Å²) >= 11 is 0. The molecule has 12 heteroatoms. The number of nitrogens with zero attached hydrogens (tertiary/aromatic N) is 4. The van der Waals surface area contributed by atoms with Gasteiger partial charge in [-0.15, -0.1) is 0 Å². The summed E-state index contributed by atoms with van der Waals surface area (Å²) in [5, 5.41) is 13.6. The fourth-order valence-electron chi connectivity index (χ4n) is 4.42. The van der Waals surface area contributed by atoms with Crippen LogP contribution in [-0.2, 0) is 22.5 Å². The van der Waals surface area contributed by atoms with Crippen molar-refractivity contribution < 1.29 is 27.4 Å². The van der Waals surface area contributed by atoms with Gasteiger partial charge in [0.25, 0.3) is 5.91 Å². The van der Waals surface area contributed by atoms with E-state index < -0.39 is 33.1 Å². The number of rotatable bonds is 5. The first-order valence-electron chi connectivity index (χ1n) is 10.3. The molecule has 0 aliphatic heterocycles. The molecule has 2 unspecified atom stereocenters. The Labute approximate surface area is 181 Å². The normalized spacial score (nSPS) is 23.9. The highest BCUT2D eigenvalue weighted by Gasteiger charge is 2.62. The van der Waals surface area contributed by atoms with Crippen LogP contribution in [0.1, 0.15) is 59.8 Å². The van der Waals surface area contributed by atoms with Crippen molar-refractivity contribution in [2.75, 3.05) is 6.26 Å². The van der Waals surface area contributed by atoms with Crippen LogP contribution < -0.4 is 5.36 Å². The molecule has 3 fully saturated rings. The molecule has 0 radical (unpaired) electrons. The molecule has 2 N–H and O–H groups in total. The van der Waals surface area contributed by atoms with Crippen LogP contribution >= 0.6 is 0 Å². The zero-order valence-electron chi connectivity index (χ0n) is 17.2. The van der Waals surface area contributed by atoms with E-state index in [9.17, 15) is 27.4 Å². The predicted octanol–water partition coefficient (Wildman–Crippen LogP) is 3.39. The molecule has 0 bridgehead atoms. The van der Waals surface area contributed by atoms with Crippen LogP contribution in [0.4, 0.5) is 13.2 Å². The van der Waals surface area contributed by atoms with E-state index in [1.807, 2.05) is 0 Å². The number of carbonyl (C=O) groups is 1. The van der Waals surface area contributed by atoms with Gasteiger partial charge in [0.05, 0.1) is 20.8 Å². The van der Waals surface area contributed by atoms with Crippen LogP contribution in [0.25, 0.3) is 0 Å². The van der Waals surface area contributed by atoms with Crippen LogP contribution in [0, 0.1) is 16.1 Å². The monoisotopic (exact) mass is 469 g/mol. The fraction of sp³-hybridized carbons (Fsp3) is 0.550. The molecule has 1 spiro atoms. The van der Waals surface area contributed by atoms with Gasteiger partial charge in [-0.1, -0.05) is 0 Å². The molecule has 3 aliphatic rings. The average molecular weight is 469 g/mol. The Balaban J connectivity index is 1.61. The number of hydrogen-bond acceptors (Lipinski definition) is 5. The maximum absolute atomic E-state index is 14.1. The van der Waals surface area contributed by atoms with Gasteiger partial charge in [0.2, 0.25) is 0 Å². The van der Waals surface area contributed by atoms with E-state index in [-0.39, 0.29) is 39.9 Å². The number of pyridine rings is 1. The summed E-state index contributed by atoms with van der Waals surface area (Å²) in [6.07, 6.45) is 1.62. The van der Waals surface area contributed by atoms with Crippen molar-refractivity contribution in [2.45, 2.75) is 55.8 Å². The van der Waals surface area contributed by atoms with Gasteiger partial charge in [0.1, 0.15) is 11.3 Å². The molecule has 3 saturated carbocycles. The summed E-state index contributed by atoms with van der Waals surface area (Å²) in [6.45, 7) is 0.249. The second kappa shape index (κ2) is 6.69. The van der Waals surface area contributed by atoms with Crippen molar-refractivity contribution >= 4 is 15.6 Å². The van der Waals surface area contributed by atoms with Gasteiger partial charge < -0.3 is 5.21 Å². The summed E-state index contributed by atoms with van der Waals surface area (Å²) in [7, 11) is -3.36. The van der Waals surface area contributed by atoms with E-state index >= 15 is 0 Å². The predicted molar refractivity (Wildman–Crippen MR) is 106 cm³/mol. The summed E-state index contributed by atoms with van der Waals surface area (Å²) in [5.74, 6) is -1.19. The van der Waals surface area contributed by atoms with Crippen LogP contribution in [0.5, 0.6) is 0 Å². The van der Waals surface area contributed by atoms with E-state index in [1.165, 1.54) is 10.7 Å². The minimum Gasteiger partial charge on any atom is -0.428 e. The van der Waals surface area contributed by atoms with Gasteiger partial charge in [-0.3, -0.25) is 9.48 Å². The van der Waals surface area contributed by atoms with Gasteiger partial charge in [-0.05, 0) is 49.5 Å². The third kappa shape index (κ3) is 3.74. The molecule has 3 aliphatic carbocycles. The Hall–Kier alpha value is -2.63. The number of aromatic nitrogens is 3. The van der Waals surface area contributed by atoms with Crippen molar-refractivity contribution in [1.82, 2.24) is 14.5 Å². The Kier molecular flexibility index (Phi) is 4.44. The van der Waals surface area contributed by atoms with Crippen molar-refractivity contribution in [3.63, 3.8) is 0 Å². The Morgan fingerprint density at radius 3 is 2.62 bits per heavy atom. The fourth-order valence-corrected chi connectivity index (χ4v) is 5.18. The lowest BCUT2D eigenvalue weighted by Crippen LogP contribution is -2.20. The molecule has 0 aromatic carbocycles. The maximum atomic E-state index is 14.1. The third-order valence-corrected chi connectivity index (χ3v) is 7.69. The lowest BCUT2D eigenvalue weighted by Gasteiger charge is -2.10. The van der Waals surface area contributed by atoms with Crippen molar-refractivity contribution in [1.29, 1.82) is 4.78 Å². The maximum Gasteiger partial charge on any atom is 0.420 e. The first-order chi connectivity index (χ1) is 14.9. The average Bonchev–Trinajstić information content (AvgIpc) is 3.58. The van der Waals surface area contributed by atoms with Gasteiger partial charge in [-0.2, -0.15) is 23.0 Å². The summed E-state index contributed by atoms with van der Waals surface area (Å²) in [6, 6.07) is 2.26. The third-order valence-electron chi connectivity index (χ3n) is 6.59. The summed E-state index contributed by atoms with van der Waals surface area (Å²) in [4.78, 5) is 16.9. The molecular weight excluding hydrogens is 447 g/mol. The molecule has 5 rings (SSSR count). The van der Waals surface area contributed by atoms with Crippen molar-refractivity contribution in [3.05, 3.63) is 40.6 Å². The van der Waals surface area contributed by atoms with Gasteiger partial charge >= 0.3 is 6.18 Å². The molecule has 1 amide bonds. The number of alkyl halides is 3. The SMILES string of the molecule is CS(=N)(=O)c1cc(=NC(=O)c2c(C(F)(F)F)c(C3CC3)nn2CC2CC23CC3)ccn1O. The van der Waals surface area contributed by atoms with E-state index in [4.69, 9.17) is 4.78 Å². The molecule has 2 atom stereocenters. The molecule has 2 heterocycles. The molecule has 32 heavy (non-hydrogen) atoms. The van der Waals surface area contributed by atoms with E-state index in [0.29, 0.717) is 17.6 Å². The summed E-state index contributed by atoms with van der Waals surface area (Å²) < 4.78 is 63.5. The number of hydrogen-bond donors (Lipinski definition) is 2. The Bertz CT molecular complexity index is 1300. The first kappa shape index (κ1) is 21.2. The van der Waals surface area contributed by atoms with Crippen molar-refractivity contribution in [2.24, 2.45) is 16.3 Å². The number of carbonyl (C=O) groups excluding carboxylic acids is 1. The minimum atomic E-state index is -4.76. The minimum absolute atomic E-state index is 0.0915. The van der Waals surface area contributed by atoms with Gasteiger partial charge in [-0.25, -0.2) is 14.0 Å². The smallest absolute Gasteiger partial charge is 0.420 e. The van der Waals surface area contributed by atoms with E-state index in [0.717, 1.165) is 37.8 Å². The van der Waals surface area contributed by atoms with E-state index in [2.05, 4.69) is 10.1 Å². The largest absolute Gasteiger partial charge is 0.428 e. The molecular formula is C20H22F3N5O3S. The lowest BCUT2D eigenvalue weighted by atomic mass is 10.1. The lowest BCUT2D eigenvalue weighted by molar-refractivity contribution is -0.138. The zero-order chi connectivity index (χ0) is 23.1. The van der Waals surface area contributed by atoms with Crippen LogP contribution in [0.3, 0.4) is 0 Å². The zero-order valence-corrected chi connectivity index (χ0v) is 18.0. The highest BCUT2D eigenvalue weighted by atomic mass is 32.2. The summed E-state index contributed by atoms with van der Waals surface area (Å²) in [5.41, 5.74) is -1.47. The Morgan fingerprint density at radius 2 is 2.09 bits per heavy atom. The molecule has 172 valence electrons. The van der Waals surface area contributed by atoms with E-state index in [1.54, 1.807) is 0 Å². The number of amides is 1. The molecule has 2 aromatic rings. The van der Waals surface area contributed by atoms with Crippen LogP contribution in [0.2, 0.25) is 0 Å². The molecule has 8 nitrogen and oxygen atoms in total. The van der Waals surface area contributed by atoms with Crippen molar-refractivity contribution in [3.8, 4) is 0 Å². The standard InChI is InChI=1S/C20H22F3N5O3S/c1-32(24,31)14-8-13(4-7-28(14)30)25-18(29)17-15(20(21,22)23)16(11-2-3-11)26-27(17)10-12-9-19(12)5-6-19/h4,7-8,11-12,24,30H,2-3,5-6,9-10H2,1H3.